The van der Waals surface area contributed by atoms with Crippen molar-refractivity contribution in [2.24, 2.45) is 0 Å². The topological polar surface area (TPSA) is 74.3 Å². The first kappa shape index (κ1) is 21.0. The van der Waals surface area contributed by atoms with Crippen LogP contribution >= 0.6 is 24.0 Å². The standard InChI is InChI=1S/C18H21NO6S2/c1-5-25-15(20)6-7-19-17(21)14(27-18(19)26)10-11-8-12(22-2)16(24-4)13(9-11)23-3/h8-10H,5-7H2,1-4H3. The largest absolute Gasteiger partial charge is 0.493 e. The molecule has 1 aliphatic heterocycles. The van der Waals surface area contributed by atoms with Gasteiger partial charge in [0.15, 0.2) is 11.5 Å². The number of benzene rings is 1. The third kappa shape index (κ3) is 4.92. The van der Waals surface area contributed by atoms with Gasteiger partial charge in [0.2, 0.25) is 5.75 Å². The zero-order valence-corrected chi connectivity index (χ0v) is 17.2. The highest BCUT2D eigenvalue weighted by atomic mass is 32.2. The fraction of sp³-hybridized carbons (Fsp3) is 0.389. The molecule has 1 saturated heterocycles. The van der Waals surface area contributed by atoms with E-state index in [0.717, 1.165) is 0 Å². The predicted molar refractivity (Wildman–Crippen MR) is 107 cm³/mol. The maximum atomic E-state index is 12.6. The normalized spacial score (nSPS) is 15.3. The van der Waals surface area contributed by atoms with Crippen molar-refractivity contribution in [2.75, 3.05) is 34.5 Å². The third-order valence-corrected chi connectivity index (χ3v) is 5.08. The molecule has 0 unspecified atom stereocenters. The van der Waals surface area contributed by atoms with Crippen LogP contribution in [-0.2, 0) is 14.3 Å². The summed E-state index contributed by atoms with van der Waals surface area (Å²) in [6, 6.07) is 3.49. The van der Waals surface area contributed by atoms with E-state index in [1.807, 2.05) is 0 Å². The van der Waals surface area contributed by atoms with E-state index in [2.05, 4.69) is 0 Å². The van der Waals surface area contributed by atoms with Crippen LogP contribution in [0.4, 0.5) is 0 Å². The van der Waals surface area contributed by atoms with E-state index in [1.165, 1.54) is 38.0 Å². The van der Waals surface area contributed by atoms with Gasteiger partial charge in [0.05, 0.1) is 39.3 Å². The molecule has 2 rings (SSSR count). The average molecular weight is 412 g/mol. The van der Waals surface area contributed by atoms with E-state index in [9.17, 15) is 9.59 Å². The number of ether oxygens (including phenoxy) is 4. The Morgan fingerprint density at radius 3 is 2.33 bits per heavy atom. The fourth-order valence-corrected chi connectivity index (χ4v) is 3.77. The molecule has 7 nitrogen and oxygen atoms in total. The first-order valence-electron chi connectivity index (χ1n) is 8.16. The molecular weight excluding hydrogens is 390 g/mol. The van der Waals surface area contributed by atoms with Crippen LogP contribution in [-0.4, -0.2) is 55.6 Å². The second-order valence-electron chi connectivity index (χ2n) is 5.35. The zero-order valence-electron chi connectivity index (χ0n) is 15.6. The maximum Gasteiger partial charge on any atom is 0.307 e. The number of hydrogen-bond donors (Lipinski definition) is 0. The minimum Gasteiger partial charge on any atom is -0.493 e. The Morgan fingerprint density at radius 2 is 1.81 bits per heavy atom. The lowest BCUT2D eigenvalue weighted by molar-refractivity contribution is -0.143. The number of thioether (sulfide) groups is 1. The molecule has 0 saturated carbocycles. The molecule has 0 radical (unpaired) electrons. The lowest BCUT2D eigenvalue weighted by atomic mass is 10.1. The van der Waals surface area contributed by atoms with Crippen molar-refractivity contribution in [3.8, 4) is 17.2 Å². The number of thiocarbonyl (C=S) groups is 1. The molecule has 0 spiro atoms. The molecule has 1 amide bonds. The van der Waals surface area contributed by atoms with Crippen LogP contribution in [0.5, 0.6) is 17.2 Å². The van der Waals surface area contributed by atoms with Crippen LogP contribution in [0.25, 0.3) is 6.08 Å². The number of carbonyl (C=O) groups is 2. The summed E-state index contributed by atoms with van der Waals surface area (Å²) in [6.45, 7) is 2.23. The smallest absolute Gasteiger partial charge is 0.307 e. The van der Waals surface area contributed by atoms with Gasteiger partial charge in [0, 0.05) is 6.54 Å². The van der Waals surface area contributed by atoms with Gasteiger partial charge in [-0.2, -0.15) is 0 Å². The van der Waals surface area contributed by atoms with Crippen molar-refractivity contribution in [3.05, 3.63) is 22.6 Å². The van der Waals surface area contributed by atoms with Gasteiger partial charge in [-0.05, 0) is 30.7 Å². The molecule has 0 aliphatic carbocycles. The number of carbonyl (C=O) groups excluding carboxylic acids is 2. The van der Waals surface area contributed by atoms with Crippen molar-refractivity contribution in [3.63, 3.8) is 0 Å². The lowest BCUT2D eigenvalue weighted by Crippen LogP contribution is -2.30. The lowest BCUT2D eigenvalue weighted by Gasteiger charge is -2.14. The molecule has 0 bridgehead atoms. The quantitative estimate of drug-likeness (QED) is 0.367. The molecule has 0 N–H and O–H groups in total. The SMILES string of the molecule is CCOC(=O)CCN1C(=O)C(=Cc2cc(OC)c(OC)c(OC)c2)SC1=S. The average Bonchev–Trinajstić information content (AvgIpc) is 2.92. The van der Waals surface area contributed by atoms with Gasteiger partial charge >= 0.3 is 5.97 Å². The summed E-state index contributed by atoms with van der Waals surface area (Å²) in [7, 11) is 4.57. The van der Waals surface area contributed by atoms with Crippen LogP contribution in [0.1, 0.15) is 18.9 Å². The molecule has 1 heterocycles. The van der Waals surface area contributed by atoms with Crippen LogP contribution < -0.4 is 14.2 Å². The number of methoxy groups -OCH3 is 3. The molecule has 27 heavy (non-hydrogen) atoms. The summed E-state index contributed by atoms with van der Waals surface area (Å²) in [5, 5.41) is 0. The zero-order chi connectivity index (χ0) is 20.0. The monoisotopic (exact) mass is 411 g/mol. The van der Waals surface area contributed by atoms with E-state index in [0.29, 0.717) is 38.6 Å². The van der Waals surface area contributed by atoms with E-state index in [4.69, 9.17) is 31.2 Å². The number of amides is 1. The highest BCUT2D eigenvalue weighted by Gasteiger charge is 2.32. The summed E-state index contributed by atoms with van der Waals surface area (Å²) in [5.41, 5.74) is 0.704. The first-order chi connectivity index (χ1) is 12.9. The van der Waals surface area contributed by atoms with Crippen molar-refractivity contribution >= 4 is 46.3 Å². The van der Waals surface area contributed by atoms with Gasteiger partial charge in [-0.25, -0.2) is 0 Å². The minimum absolute atomic E-state index is 0.0950. The Kier molecular flexibility index (Phi) is 7.49. The number of nitrogens with zero attached hydrogens (tertiary/aromatic N) is 1. The van der Waals surface area contributed by atoms with Crippen LogP contribution in [0, 0.1) is 0 Å². The molecule has 0 aromatic heterocycles. The molecular formula is C18H21NO6S2. The molecule has 1 aromatic rings. The Morgan fingerprint density at radius 1 is 1.19 bits per heavy atom. The summed E-state index contributed by atoms with van der Waals surface area (Å²) in [6.07, 6.45) is 1.80. The summed E-state index contributed by atoms with van der Waals surface area (Å²) < 4.78 is 21.2. The highest BCUT2D eigenvalue weighted by molar-refractivity contribution is 8.26. The first-order valence-corrected chi connectivity index (χ1v) is 9.38. The van der Waals surface area contributed by atoms with Gasteiger partial charge in [-0.15, -0.1) is 0 Å². The summed E-state index contributed by atoms with van der Waals surface area (Å²) in [4.78, 5) is 26.0. The third-order valence-electron chi connectivity index (χ3n) is 3.70. The Bertz CT molecular complexity index is 752. The van der Waals surface area contributed by atoms with E-state index in [-0.39, 0.29) is 24.8 Å². The molecule has 1 aliphatic rings. The Labute approximate surface area is 167 Å². The van der Waals surface area contributed by atoms with Crippen LogP contribution in [0.3, 0.4) is 0 Å². The van der Waals surface area contributed by atoms with Gasteiger partial charge < -0.3 is 18.9 Å². The number of hydrogen-bond acceptors (Lipinski definition) is 8. The minimum atomic E-state index is -0.361. The summed E-state index contributed by atoms with van der Waals surface area (Å²) in [5.74, 6) is 0.837. The van der Waals surface area contributed by atoms with Crippen molar-refractivity contribution in [1.29, 1.82) is 0 Å². The second kappa shape index (κ2) is 9.61. The Balaban J connectivity index is 2.23. The van der Waals surface area contributed by atoms with Gasteiger partial charge in [-0.3, -0.25) is 14.5 Å². The molecule has 146 valence electrons. The summed E-state index contributed by atoms with van der Waals surface area (Å²) >= 11 is 6.45. The van der Waals surface area contributed by atoms with Crippen LogP contribution in [0.2, 0.25) is 0 Å². The van der Waals surface area contributed by atoms with Crippen molar-refractivity contribution in [1.82, 2.24) is 4.90 Å². The number of rotatable bonds is 8. The van der Waals surface area contributed by atoms with Gasteiger partial charge in [0.25, 0.3) is 5.91 Å². The highest BCUT2D eigenvalue weighted by Crippen LogP contribution is 2.40. The second-order valence-corrected chi connectivity index (χ2v) is 7.02. The molecule has 1 aromatic carbocycles. The van der Waals surface area contributed by atoms with Crippen LogP contribution in [0.15, 0.2) is 17.0 Å². The van der Waals surface area contributed by atoms with E-state index >= 15 is 0 Å². The van der Waals surface area contributed by atoms with Gasteiger partial charge in [0.1, 0.15) is 4.32 Å². The maximum absolute atomic E-state index is 12.6. The van der Waals surface area contributed by atoms with E-state index in [1.54, 1.807) is 25.1 Å². The van der Waals surface area contributed by atoms with E-state index < -0.39 is 0 Å². The Hall–Kier alpha value is -2.26. The van der Waals surface area contributed by atoms with Crippen molar-refractivity contribution in [2.45, 2.75) is 13.3 Å². The predicted octanol–water partition coefficient (Wildman–Crippen LogP) is 2.87. The van der Waals surface area contributed by atoms with Gasteiger partial charge in [-0.1, -0.05) is 24.0 Å². The molecule has 0 atom stereocenters. The molecule has 1 fully saturated rings. The molecule has 9 heteroatoms. The van der Waals surface area contributed by atoms with Crippen molar-refractivity contribution < 1.29 is 28.5 Å². The fourth-order valence-electron chi connectivity index (χ4n) is 2.47. The number of esters is 1.